The van der Waals surface area contributed by atoms with Crippen LogP contribution in [0.25, 0.3) is 0 Å². The van der Waals surface area contributed by atoms with Crippen LogP contribution in [0.5, 0.6) is 5.75 Å². The van der Waals surface area contributed by atoms with Crippen molar-refractivity contribution in [1.82, 2.24) is 0 Å². The van der Waals surface area contributed by atoms with Crippen molar-refractivity contribution in [2.24, 2.45) is 21.5 Å². The molecule has 1 spiro atoms. The van der Waals surface area contributed by atoms with Crippen LogP contribution in [0, 0.1) is 0 Å². The molecule has 1 heterocycles. The van der Waals surface area contributed by atoms with E-state index in [-0.39, 0.29) is 23.2 Å². The Morgan fingerprint density at radius 2 is 2.00 bits per heavy atom. The first-order chi connectivity index (χ1) is 11.9. The van der Waals surface area contributed by atoms with Crippen molar-refractivity contribution in [3.05, 3.63) is 22.2 Å². The minimum atomic E-state index is -0.709. The molecule has 134 valence electrons. The number of carbonyl (C=O) groups is 1. The maximum atomic E-state index is 12.0. The maximum absolute atomic E-state index is 12.0. The summed E-state index contributed by atoms with van der Waals surface area (Å²) >= 11 is 3.37. The van der Waals surface area contributed by atoms with Gasteiger partial charge in [0.15, 0.2) is 5.75 Å². The smallest absolute Gasteiger partial charge is 0.341 e. The van der Waals surface area contributed by atoms with E-state index < -0.39 is 11.6 Å². The van der Waals surface area contributed by atoms with Gasteiger partial charge in [-0.05, 0) is 37.8 Å². The Bertz CT molecular complexity index is 771. The van der Waals surface area contributed by atoms with Gasteiger partial charge >= 0.3 is 5.97 Å². The molecule has 0 bridgehead atoms. The summed E-state index contributed by atoms with van der Waals surface area (Å²) < 4.78 is 5.35. The summed E-state index contributed by atoms with van der Waals surface area (Å²) in [5.74, 6) is -0.612. The number of phenolic OH excluding ortho intramolecular Hbond substituents is 1. The number of nitrogens with zero attached hydrogens (tertiary/aromatic N) is 3. The van der Waals surface area contributed by atoms with E-state index in [1.54, 1.807) is 11.0 Å². The third kappa shape index (κ3) is 3.04. The number of esters is 1. The van der Waals surface area contributed by atoms with E-state index in [0.29, 0.717) is 10.2 Å². The third-order valence-electron chi connectivity index (χ3n) is 4.55. The van der Waals surface area contributed by atoms with Crippen molar-refractivity contribution < 1.29 is 14.6 Å². The van der Waals surface area contributed by atoms with E-state index in [9.17, 15) is 9.90 Å². The number of benzene rings is 1. The number of guanidine groups is 2. The number of nitrogens with two attached hydrogens (primary N) is 2. The molecular weight excluding hydrogens is 390 g/mol. The lowest BCUT2D eigenvalue weighted by Gasteiger charge is -2.45. The Morgan fingerprint density at radius 1 is 1.32 bits per heavy atom. The van der Waals surface area contributed by atoms with Crippen molar-refractivity contribution in [3.8, 4) is 5.75 Å². The summed E-state index contributed by atoms with van der Waals surface area (Å²) in [4.78, 5) is 22.3. The second-order valence-corrected chi connectivity index (χ2v) is 7.05. The summed E-state index contributed by atoms with van der Waals surface area (Å²) in [7, 11) is 1.26. The van der Waals surface area contributed by atoms with Gasteiger partial charge in [-0.1, -0.05) is 22.4 Å². The Balaban J connectivity index is 2.18. The van der Waals surface area contributed by atoms with E-state index in [1.807, 2.05) is 0 Å². The van der Waals surface area contributed by atoms with Crippen LogP contribution in [0.15, 0.2) is 26.6 Å². The molecule has 1 saturated carbocycles. The Hall–Kier alpha value is -2.29. The average Bonchev–Trinajstić information content (AvgIpc) is 2.56. The lowest BCUT2D eigenvalue weighted by atomic mass is 9.87. The highest BCUT2D eigenvalue weighted by Gasteiger charge is 2.44. The van der Waals surface area contributed by atoms with Gasteiger partial charge < -0.3 is 21.3 Å². The molecule has 5 N–H and O–H groups in total. The van der Waals surface area contributed by atoms with Crippen LogP contribution in [0.1, 0.15) is 42.5 Å². The quantitative estimate of drug-likeness (QED) is 0.641. The molecule has 0 radical (unpaired) electrons. The normalized spacial score (nSPS) is 19.4. The van der Waals surface area contributed by atoms with Crippen molar-refractivity contribution >= 4 is 39.5 Å². The van der Waals surface area contributed by atoms with Crippen LogP contribution >= 0.6 is 15.9 Å². The molecule has 1 aliphatic carbocycles. The molecule has 2 aliphatic rings. The minimum Gasteiger partial charge on any atom is -0.505 e. The number of aliphatic imine (C=N–C) groups is 2. The monoisotopic (exact) mass is 409 g/mol. The van der Waals surface area contributed by atoms with Gasteiger partial charge in [-0.2, -0.15) is 4.99 Å². The number of hydrogen-bond donors (Lipinski definition) is 3. The number of hydrogen-bond acceptors (Lipinski definition) is 8. The lowest BCUT2D eigenvalue weighted by molar-refractivity contribution is 0.0597. The van der Waals surface area contributed by atoms with Gasteiger partial charge in [-0.3, -0.25) is 4.90 Å². The van der Waals surface area contributed by atoms with Crippen LogP contribution in [0.4, 0.5) is 5.69 Å². The van der Waals surface area contributed by atoms with Crippen molar-refractivity contribution in [1.29, 1.82) is 0 Å². The van der Waals surface area contributed by atoms with Crippen LogP contribution in [-0.4, -0.2) is 35.8 Å². The summed E-state index contributed by atoms with van der Waals surface area (Å²) in [6, 6.07) is 3.17. The average molecular weight is 410 g/mol. The number of carbonyl (C=O) groups excluding carboxylic acids is 1. The van der Waals surface area contributed by atoms with Crippen LogP contribution in [0.2, 0.25) is 0 Å². The molecular formula is C16H20BrN5O3. The first-order valence-corrected chi connectivity index (χ1v) is 8.78. The number of rotatable bonds is 2. The van der Waals surface area contributed by atoms with E-state index in [1.165, 1.54) is 13.2 Å². The Kier molecular flexibility index (Phi) is 4.59. The molecule has 8 nitrogen and oxygen atoms in total. The summed E-state index contributed by atoms with van der Waals surface area (Å²) in [5, 5.41) is 10.7. The fraction of sp³-hybridized carbons (Fsp3) is 0.438. The number of ether oxygens (including phenoxy) is 1. The molecule has 1 aromatic rings. The summed E-state index contributed by atoms with van der Waals surface area (Å²) in [6.07, 6.45) is 4.46. The van der Waals surface area contributed by atoms with Gasteiger partial charge in [0, 0.05) is 4.47 Å². The Labute approximate surface area is 153 Å². The molecule has 0 atom stereocenters. The second kappa shape index (κ2) is 6.55. The molecule has 0 saturated heterocycles. The van der Waals surface area contributed by atoms with E-state index in [0.717, 1.165) is 32.1 Å². The van der Waals surface area contributed by atoms with Gasteiger partial charge in [-0.25, -0.2) is 9.79 Å². The SMILES string of the molecule is COC(=O)c1cc(Br)cc(N2C(N)=NC(N)=NC23CCCCC3)c1O. The van der Waals surface area contributed by atoms with Crippen molar-refractivity contribution in [2.45, 2.75) is 37.8 Å². The highest BCUT2D eigenvalue weighted by Crippen LogP contribution is 2.44. The highest BCUT2D eigenvalue weighted by molar-refractivity contribution is 9.10. The first kappa shape index (κ1) is 17.5. The van der Waals surface area contributed by atoms with E-state index >= 15 is 0 Å². The zero-order valence-electron chi connectivity index (χ0n) is 13.8. The largest absolute Gasteiger partial charge is 0.505 e. The molecule has 1 aromatic carbocycles. The number of aromatic hydroxyl groups is 1. The fourth-order valence-corrected chi connectivity index (χ4v) is 3.94. The van der Waals surface area contributed by atoms with Crippen LogP contribution in [0.3, 0.4) is 0 Å². The third-order valence-corrected chi connectivity index (χ3v) is 5.01. The lowest BCUT2D eigenvalue weighted by Crippen LogP contribution is -2.58. The molecule has 3 rings (SSSR count). The molecule has 0 unspecified atom stereocenters. The number of phenols is 1. The number of halogens is 1. The van der Waals surface area contributed by atoms with Crippen molar-refractivity contribution in [2.75, 3.05) is 12.0 Å². The predicted octanol–water partition coefficient (Wildman–Crippen LogP) is 2.05. The summed E-state index contributed by atoms with van der Waals surface area (Å²) in [5.41, 5.74) is 11.7. The molecule has 1 aliphatic heterocycles. The minimum absolute atomic E-state index is 0.0353. The second-order valence-electron chi connectivity index (χ2n) is 6.13. The molecule has 25 heavy (non-hydrogen) atoms. The van der Waals surface area contributed by atoms with E-state index in [4.69, 9.17) is 16.2 Å². The van der Waals surface area contributed by atoms with Gasteiger partial charge in [0.25, 0.3) is 0 Å². The van der Waals surface area contributed by atoms with Gasteiger partial charge in [0.05, 0.1) is 12.8 Å². The number of methoxy groups -OCH3 is 1. The van der Waals surface area contributed by atoms with Crippen LogP contribution in [-0.2, 0) is 4.74 Å². The van der Waals surface area contributed by atoms with Gasteiger partial charge in [0.1, 0.15) is 11.2 Å². The predicted molar refractivity (Wildman–Crippen MR) is 98.7 cm³/mol. The van der Waals surface area contributed by atoms with E-state index in [2.05, 4.69) is 25.9 Å². The topological polar surface area (TPSA) is 127 Å². The molecule has 0 aromatic heterocycles. The van der Waals surface area contributed by atoms with Gasteiger partial charge in [0.2, 0.25) is 11.9 Å². The Morgan fingerprint density at radius 3 is 2.64 bits per heavy atom. The van der Waals surface area contributed by atoms with Crippen molar-refractivity contribution in [3.63, 3.8) is 0 Å². The zero-order valence-corrected chi connectivity index (χ0v) is 15.4. The first-order valence-electron chi connectivity index (χ1n) is 7.98. The van der Waals surface area contributed by atoms with Gasteiger partial charge in [-0.15, -0.1) is 0 Å². The number of anilines is 1. The van der Waals surface area contributed by atoms with Crippen LogP contribution < -0.4 is 16.4 Å². The zero-order chi connectivity index (χ0) is 18.2. The standard InChI is InChI=1S/C16H20BrN5O3/c1-25-13(24)10-7-9(17)8-11(12(10)23)22-15(19)20-14(18)21-16(22)5-3-2-4-6-16/h7-8,23H,2-6H2,1H3,(H4,18,19,20,21). The molecule has 0 amide bonds. The molecule has 1 fully saturated rings. The summed E-state index contributed by atoms with van der Waals surface area (Å²) in [6.45, 7) is 0. The maximum Gasteiger partial charge on any atom is 0.341 e. The molecule has 9 heteroatoms. The fourth-order valence-electron chi connectivity index (χ4n) is 3.49. The highest BCUT2D eigenvalue weighted by atomic mass is 79.9.